The molecule has 0 saturated heterocycles. The van der Waals surface area contributed by atoms with E-state index in [0.717, 1.165) is 24.4 Å². The number of para-hydroxylation sites is 1. The third-order valence-electron chi connectivity index (χ3n) is 3.10. The van der Waals surface area contributed by atoms with Crippen molar-refractivity contribution in [1.29, 1.82) is 0 Å². The van der Waals surface area contributed by atoms with Crippen LogP contribution in [0.3, 0.4) is 0 Å². The van der Waals surface area contributed by atoms with E-state index in [1.165, 1.54) is 10.9 Å². The predicted molar refractivity (Wildman–Crippen MR) is 76.8 cm³/mol. The molecule has 1 aromatic carbocycles. The highest BCUT2D eigenvalue weighted by Gasteiger charge is 2.10. The van der Waals surface area contributed by atoms with Crippen LogP contribution in [0.15, 0.2) is 28.7 Å². The molecule has 0 radical (unpaired) electrons. The van der Waals surface area contributed by atoms with E-state index in [2.05, 4.69) is 57.3 Å². The van der Waals surface area contributed by atoms with Crippen molar-refractivity contribution in [1.82, 2.24) is 5.32 Å². The van der Waals surface area contributed by atoms with E-state index in [-0.39, 0.29) is 0 Å². The molecule has 18 heavy (non-hydrogen) atoms. The van der Waals surface area contributed by atoms with Gasteiger partial charge in [0.05, 0.1) is 6.54 Å². The van der Waals surface area contributed by atoms with Crippen molar-refractivity contribution in [3.05, 3.63) is 35.6 Å². The highest BCUT2D eigenvalue weighted by atomic mass is 16.3. The first-order chi connectivity index (χ1) is 8.58. The Labute approximate surface area is 109 Å². The molecule has 1 aromatic heterocycles. The van der Waals surface area contributed by atoms with Gasteiger partial charge in [0.1, 0.15) is 11.3 Å². The van der Waals surface area contributed by atoms with E-state index >= 15 is 0 Å². The van der Waals surface area contributed by atoms with Gasteiger partial charge in [-0.3, -0.25) is 0 Å². The van der Waals surface area contributed by atoms with Crippen LogP contribution >= 0.6 is 0 Å². The normalized spacial score (nSPS) is 11.9. The molecule has 0 fully saturated rings. The number of hydrogen-bond donors (Lipinski definition) is 1. The van der Waals surface area contributed by atoms with Gasteiger partial charge in [-0.15, -0.1) is 0 Å². The zero-order chi connectivity index (χ0) is 13.1. The summed E-state index contributed by atoms with van der Waals surface area (Å²) in [6.07, 6.45) is 0. The Morgan fingerprint density at radius 1 is 1.17 bits per heavy atom. The summed E-state index contributed by atoms with van der Waals surface area (Å²) in [6, 6.07) is 8.53. The zero-order valence-corrected chi connectivity index (χ0v) is 11.8. The standard InChI is InChI=1S/C16H23NO/c1-11(2)9-17-10-14-8-13-6-5-7-15(12(3)4)16(13)18-14/h5-8,11-12,17H,9-10H2,1-4H3. The van der Waals surface area contributed by atoms with Crippen molar-refractivity contribution in [3.63, 3.8) is 0 Å². The Hall–Kier alpha value is -1.28. The maximum atomic E-state index is 5.98. The van der Waals surface area contributed by atoms with Gasteiger partial charge in [0.2, 0.25) is 0 Å². The summed E-state index contributed by atoms with van der Waals surface area (Å²) in [5, 5.41) is 4.63. The number of benzene rings is 1. The first-order valence-corrected chi connectivity index (χ1v) is 6.80. The summed E-state index contributed by atoms with van der Waals surface area (Å²) in [5.74, 6) is 2.19. The van der Waals surface area contributed by atoms with Gasteiger partial charge in [0.15, 0.2) is 0 Å². The molecule has 0 spiro atoms. The fourth-order valence-corrected chi connectivity index (χ4v) is 2.16. The van der Waals surface area contributed by atoms with Gasteiger partial charge >= 0.3 is 0 Å². The van der Waals surface area contributed by atoms with Gasteiger partial charge < -0.3 is 9.73 Å². The van der Waals surface area contributed by atoms with Crippen molar-refractivity contribution in [2.45, 2.75) is 40.2 Å². The number of rotatable bonds is 5. The second-order valence-corrected chi connectivity index (χ2v) is 5.66. The Kier molecular flexibility index (Phi) is 4.07. The maximum Gasteiger partial charge on any atom is 0.137 e. The number of furan rings is 1. The Bertz CT molecular complexity index is 511. The van der Waals surface area contributed by atoms with Crippen LogP contribution in [-0.4, -0.2) is 6.54 Å². The zero-order valence-electron chi connectivity index (χ0n) is 11.8. The average Bonchev–Trinajstić information content (AvgIpc) is 2.70. The molecule has 0 saturated carbocycles. The summed E-state index contributed by atoms with van der Waals surface area (Å²) in [4.78, 5) is 0. The van der Waals surface area contributed by atoms with E-state index < -0.39 is 0 Å². The third-order valence-corrected chi connectivity index (χ3v) is 3.10. The lowest BCUT2D eigenvalue weighted by Gasteiger charge is -2.06. The first-order valence-electron chi connectivity index (χ1n) is 6.80. The van der Waals surface area contributed by atoms with Crippen molar-refractivity contribution < 1.29 is 4.42 Å². The van der Waals surface area contributed by atoms with Crippen LogP contribution in [0.4, 0.5) is 0 Å². The van der Waals surface area contributed by atoms with Crippen molar-refractivity contribution in [2.24, 2.45) is 5.92 Å². The number of fused-ring (bicyclic) bond motifs is 1. The molecule has 98 valence electrons. The van der Waals surface area contributed by atoms with E-state index in [0.29, 0.717) is 11.8 Å². The minimum absolute atomic E-state index is 0.497. The number of nitrogens with one attached hydrogen (secondary N) is 1. The van der Waals surface area contributed by atoms with Crippen LogP contribution in [0.25, 0.3) is 11.0 Å². The van der Waals surface area contributed by atoms with Crippen LogP contribution < -0.4 is 5.32 Å². The molecular weight excluding hydrogens is 222 g/mol. The molecule has 0 aliphatic rings. The lowest BCUT2D eigenvalue weighted by Crippen LogP contribution is -2.18. The summed E-state index contributed by atoms with van der Waals surface area (Å²) >= 11 is 0. The van der Waals surface area contributed by atoms with Crippen LogP contribution in [0.2, 0.25) is 0 Å². The smallest absolute Gasteiger partial charge is 0.137 e. The highest BCUT2D eigenvalue weighted by Crippen LogP contribution is 2.28. The first kappa shape index (κ1) is 13.2. The minimum Gasteiger partial charge on any atom is -0.459 e. The van der Waals surface area contributed by atoms with Crippen LogP contribution in [0.5, 0.6) is 0 Å². The van der Waals surface area contributed by atoms with Crippen molar-refractivity contribution in [3.8, 4) is 0 Å². The lowest BCUT2D eigenvalue weighted by molar-refractivity contribution is 0.483. The predicted octanol–water partition coefficient (Wildman–Crippen LogP) is 4.30. The monoisotopic (exact) mass is 245 g/mol. The molecule has 2 rings (SSSR count). The Morgan fingerprint density at radius 2 is 1.94 bits per heavy atom. The fourth-order valence-electron chi connectivity index (χ4n) is 2.16. The van der Waals surface area contributed by atoms with Gasteiger partial charge in [-0.25, -0.2) is 0 Å². The molecule has 0 amide bonds. The molecule has 2 nitrogen and oxygen atoms in total. The molecule has 0 atom stereocenters. The molecule has 0 aliphatic heterocycles. The third kappa shape index (κ3) is 2.94. The summed E-state index contributed by atoms with van der Waals surface area (Å²) in [5.41, 5.74) is 2.34. The quantitative estimate of drug-likeness (QED) is 0.849. The van der Waals surface area contributed by atoms with E-state index in [9.17, 15) is 0 Å². The molecule has 2 aromatic rings. The van der Waals surface area contributed by atoms with E-state index in [1.807, 2.05) is 0 Å². The van der Waals surface area contributed by atoms with Gasteiger partial charge in [-0.2, -0.15) is 0 Å². The van der Waals surface area contributed by atoms with Crippen molar-refractivity contribution >= 4 is 11.0 Å². The lowest BCUT2D eigenvalue weighted by atomic mass is 10.0. The number of hydrogen-bond acceptors (Lipinski definition) is 2. The Balaban J connectivity index is 2.19. The topological polar surface area (TPSA) is 25.2 Å². The van der Waals surface area contributed by atoms with E-state index in [1.54, 1.807) is 0 Å². The summed E-state index contributed by atoms with van der Waals surface area (Å²) in [6.45, 7) is 10.7. The maximum absolute atomic E-state index is 5.98. The van der Waals surface area contributed by atoms with Gasteiger partial charge in [0.25, 0.3) is 0 Å². The Morgan fingerprint density at radius 3 is 2.61 bits per heavy atom. The molecule has 1 N–H and O–H groups in total. The molecule has 0 unspecified atom stereocenters. The highest BCUT2D eigenvalue weighted by molar-refractivity contribution is 5.81. The molecule has 2 heteroatoms. The summed E-state index contributed by atoms with van der Waals surface area (Å²) in [7, 11) is 0. The van der Waals surface area contributed by atoms with Crippen LogP contribution in [-0.2, 0) is 6.54 Å². The van der Waals surface area contributed by atoms with E-state index in [4.69, 9.17) is 4.42 Å². The van der Waals surface area contributed by atoms with Gasteiger partial charge in [-0.1, -0.05) is 45.9 Å². The molecule has 0 aliphatic carbocycles. The summed E-state index contributed by atoms with van der Waals surface area (Å²) < 4.78 is 5.98. The molecule has 0 bridgehead atoms. The molecular formula is C16H23NO. The fraction of sp³-hybridized carbons (Fsp3) is 0.500. The van der Waals surface area contributed by atoms with Crippen LogP contribution in [0.1, 0.15) is 44.9 Å². The average molecular weight is 245 g/mol. The van der Waals surface area contributed by atoms with Gasteiger partial charge in [-0.05, 0) is 30.0 Å². The largest absolute Gasteiger partial charge is 0.459 e. The minimum atomic E-state index is 0.497. The van der Waals surface area contributed by atoms with Crippen molar-refractivity contribution in [2.75, 3.05) is 6.54 Å². The SMILES string of the molecule is CC(C)CNCc1cc2cccc(C(C)C)c2o1. The second-order valence-electron chi connectivity index (χ2n) is 5.66. The van der Waals surface area contributed by atoms with Crippen LogP contribution in [0, 0.1) is 5.92 Å². The van der Waals surface area contributed by atoms with Gasteiger partial charge in [0, 0.05) is 5.39 Å². The second kappa shape index (κ2) is 5.57. The molecule has 1 heterocycles.